The molecule has 3 heterocycles. The van der Waals surface area contributed by atoms with Gasteiger partial charge >= 0.3 is 6.18 Å². The summed E-state index contributed by atoms with van der Waals surface area (Å²) in [7, 11) is 0. The number of thiophene rings is 1. The number of amides is 2. The van der Waals surface area contributed by atoms with Gasteiger partial charge in [0.2, 0.25) is 5.91 Å². The Morgan fingerprint density at radius 1 is 1.03 bits per heavy atom. The fourth-order valence-electron chi connectivity index (χ4n) is 4.18. The molecule has 0 aliphatic carbocycles. The SMILES string of the molecule is O=C(Nc1cc(C(F)(F)F)ccc1N1CCCC1)C1CCN(C(=O)c2cccs2)CC1. The van der Waals surface area contributed by atoms with Gasteiger partial charge in [-0.1, -0.05) is 6.07 Å². The molecule has 0 radical (unpaired) electrons. The minimum atomic E-state index is -4.48. The van der Waals surface area contributed by atoms with Crippen LogP contribution in [0.15, 0.2) is 35.7 Å². The minimum absolute atomic E-state index is 0.0388. The normalized spacial score (nSPS) is 17.8. The van der Waals surface area contributed by atoms with E-state index in [4.69, 9.17) is 0 Å². The molecule has 0 unspecified atom stereocenters. The summed E-state index contributed by atoms with van der Waals surface area (Å²) in [4.78, 5) is 29.8. The Morgan fingerprint density at radius 2 is 1.74 bits per heavy atom. The van der Waals surface area contributed by atoms with E-state index in [1.54, 1.807) is 11.0 Å². The fraction of sp³-hybridized carbons (Fsp3) is 0.455. The first-order chi connectivity index (χ1) is 14.8. The molecule has 1 N–H and O–H groups in total. The van der Waals surface area contributed by atoms with Gasteiger partial charge < -0.3 is 15.1 Å². The number of alkyl halides is 3. The number of piperidine rings is 1. The topological polar surface area (TPSA) is 52.7 Å². The maximum Gasteiger partial charge on any atom is 0.416 e. The molecule has 2 fully saturated rings. The van der Waals surface area contributed by atoms with Crippen molar-refractivity contribution in [3.8, 4) is 0 Å². The monoisotopic (exact) mass is 451 g/mol. The number of rotatable bonds is 4. The average molecular weight is 452 g/mol. The van der Waals surface area contributed by atoms with Gasteiger partial charge in [0.05, 0.1) is 21.8 Å². The van der Waals surface area contributed by atoms with E-state index < -0.39 is 11.7 Å². The van der Waals surface area contributed by atoms with Crippen LogP contribution in [0.4, 0.5) is 24.5 Å². The number of nitrogens with zero attached hydrogens (tertiary/aromatic N) is 2. The van der Waals surface area contributed by atoms with Crippen molar-refractivity contribution in [1.29, 1.82) is 0 Å². The molecule has 2 saturated heterocycles. The van der Waals surface area contributed by atoms with E-state index >= 15 is 0 Å². The van der Waals surface area contributed by atoms with Crippen LogP contribution in [0.3, 0.4) is 0 Å². The van der Waals surface area contributed by atoms with Gasteiger partial charge in [-0.05, 0) is 55.3 Å². The van der Waals surface area contributed by atoms with Gasteiger partial charge in [0.1, 0.15) is 0 Å². The first-order valence-corrected chi connectivity index (χ1v) is 11.3. The molecular formula is C22H24F3N3O2S. The highest BCUT2D eigenvalue weighted by Gasteiger charge is 2.33. The van der Waals surface area contributed by atoms with Crippen LogP contribution in [0.25, 0.3) is 0 Å². The lowest BCUT2D eigenvalue weighted by Gasteiger charge is -2.31. The Labute approximate surface area is 182 Å². The maximum atomic E-state index is 13.2. The second-order valence-corrected chi connectivity index (χ2v) is 8.90. The van der Waals surface area contributed by atoms with Gasteiger partial charge in [-0.15, -0.1) is 11.3 Å². The summed E-state index contributed by atoms with van der Waals surface area (Å²) in [6, 6.07) is 7.15. The van der Waals surface area contributed by atoms with Gasteiger partial charge in [-0.25, -0.2) is 0 Å². The van der Waals surface area contributed by atoms with Crippen LogP contribution in [0.2, 0.25) is 0 Å². The molecule has 1 aromatic heterocycles. The lowest BCUT2D eigenvalue weighted by Crippen LogP contribution is -2.41. The van der Waals surface area contributed by atoms with Crippen molar-refractivity contribution in [2.75, 3.05) is 36.4 Å². The summed E-state index contributed by atoms with van der Waals surface area (Å²) < 4.78 is 39.7. The Hall–Kier alpha value is -2.55. The molecule has 0 atom stereocenters. The lowest BCUT2D eigenvalue weighted by molar-refractivity contribution is -0.137. The van der Waals surface area contributed by atoms with Crippen LogP contribution in [-0.4, -0.2) is 42.9 Å². The van der Waals surface area contributed by atoms with Crippen LogP contribution in [0.1, 0.15) is 40.9 Å². The van der Waals surface area contributed by atoms with Crippen molar-refractivity contribution in [2.24, 2.45) is 5.92 Å². The van der Waals surface area contributed by atoms with Crippen molar-refractivity contribution in [3.63, 3.8) is 0 Å². The molecule has 166 valence electrons. The molecule has 31 heavy (non-hydrogen) atoms. The molecule has 0 saturated carbocycles. The molecule has 2 amide bonds. The highest BCUT2D eigenvalue weighted by molar-refractivity contribution is 7.12. The number of benzene rings is 1. The summed E-state index contributed by atoms with van der Waals surface area (Å²) in [6.45, 7) is 2.43. The second kappa shape index (κ2) is 8.90. The minimum Gasteiger partial charge on any atom is -0.370 e. The summed E-state index contributed by atoms with van der Waals surface area (Å²) in [5, 5.41) is 4.61. The van der Waals surface area contributed by atoms with Crippen molar-refractivity contribution in [3.05, 3.63) is 46.2 Å². The summed E-state index contributed by atoms with van der Waals surface area (Å²) >= 11 is 1.38. The molecule has 2 aromatic rings. The van der Waals surface area contributed by atoms with Gasteiger partial charge in [0.15, 0.2) is 0 Å². The number of halogens is 3. The molecular weight excluding hydrogens is 427 g/mol. The summed E-state index contributed by atoms with van der Waals surface area (Å²) in [5.74, 6) is -0.667. The van der Waals surface area contributed by atoms with Gasteiger partial charge in [-0.3, -0.25) is 9.59 Å². The quantitative estimate of drug-likeness (QED) is 0.723. The molecule has 0 bridgehead atoms. The van der Waals surface area contributed by atoms with E-state index in [0.29, 0.717) is 36.5 Å². The van der Waals surface area contributed by atoms with Crippen LogP contribution >= 0.6 is 11.3 Å². The third-order valence-corrected chi connectivity index (χ3v) is 6.77. The Kier molecular flexibility index (Phi) is 6.22. The average Bonchev–Trinajstić information content (AvgIpc) is 3.47. The summed E-state index contributed by atoms with van der Waals surface area (Å²) in [5.41, 5.74) is 0.0603. The predicted octanol–water partition coefficient (Wildman–Crippen LogP) is 4.86. The molecule has 2 aliphatic heterocycles. The molecule has 5 nitrogen and oxygen atoms in total. The largest absolute Gasteiger partial charge is 0.416 e. The van der Waals surface area contributed by atoms with Crippen molar-refractivity contribution in [1.82, 2.24) is 4.90 Å². The second-order valence-electron chi connectivity index (χ2n) is 7.96. The van der Waals surface area contributed by atoms with Crippen LogP contribution in [-0.2, 0) is 11.0 Å². The smallest absolute Gasteiger partial charge is 0.370 e. The van der Waals surface area contributed by atoms with E-state index in [1.165, 1.54) is 17.4 Å². The number of hydrogen-bond donors (Lipinski definition) is 1. The molecule has 0 spiro atoms. The van der Waals surface area contributed by atoms with E-state index in [2.05, 4.69) is 5.32 Å². The standard InChI is InChI=1S/C22H24F3N3O2S/c23-22(24,25)16-5-6-18(27-9-1-2-10-27)17(14-16)26-20(29)15-7-11-28(12-8-15)21(30)19-4-3-13-31-19/h3-6,13-15H,1-2,7-12H2,(H,26,29). The zero-order valence-corrected chi connectivity index (χ0v) is 17.8. The number of likely N-dealkylation sites (tertiary alicyclic amines) is 1. The summed E-state index contributed by atoms with van der Waals surface area (Å²) in [6.07, 6.45) is -1.55. The van der Waals surface area contributed by atoms with Crippen molar-refractivity contribution >= 4 is 34.5 Å². The maximum absolute atomic E-state index is 13.2. The number of carbonyl (C=O) groups is 2. The van der Waals surface area contributed by atoms with Crippen molar-refractivity contribution < 1.29 is 22.8 Å². The van der Waals surface area contributed by atoms with Crippen LogP contribution in [0.5, 0.6) is 0 Å². The van der Waals surface area contributed by atoms with Crippen LogP contribution < -0.4 is 10.2 Å². The Balaban J connectivity index is 1.45. The number of nitrogens with one attached hydrogen (secondary N) is 1. The van der Waals surface area contributed by atoms with Crippen molar-refractivity contribution in [2.45, 2.75) is 31.9 Å². The first kappa shape index (κ1) is 21.7. The first-order valence-electron chi connectivity index (χ1n) is 10.4. The van der Waals surface area contributed by atoms with E-state index in [0.717, 1.165) is 38.1 Å². The fourth-order valence-corrected chi connectivity index (χ4v) is 4.87. The highest BCUT2D eigenvalue weighted by Crippen LogP contribution is 2.37. The number of anilines is 2. The van der Waals surface area contributed by atoms with Gasteiger partial charge in [-0.2, -0.15) is 13.2 Å². The zero-order chi connectivity index (χ0) is 22.0. The molecule has 1 aromatic carbocycles. The zero-order valence-electron chi connectivity index (χ0n) is 17.0. The van der Waals surface area contributed by atoms with E-state index in [9.17, 15) is 22.8 Å². The molecule has 4 rings (SSSR count). The highest BCUT2D eigenvalue weighted by atomic mass is 32.1. The van der Waals surface area contributed by atoms with Crippen LogP contribution in [0, 0.1) is 5.92 Å². The molecule has 9 heteroatoms. The Morgan fingerprint density at radius 3 is 2.35 bits per heavy atom. The van der Waals surface area contributed by atoms with E-state index in [1.807, 2.05) is 16.3 Å². The number of carbonyl (C=O) groups excluding carboxylic acids is 2. The third-order valence-electron chi connectivity index (χ3n) is 5.91. The molecule has 2 aliphatic rings. The predicted molar refractivity (Wildman–Crippen MR) is 114 cm³/mol. The number of hydrogen-bond acceptors (Lipinski definition) is 4. The van der Waals surface area contributed by atoms with Gasteiger partial charge in [0.25, 0.3) is 5.91 Å². The van der Waals surface area contributed by atoms with Gasteiger partial charge in [0, 0.05) is 32.1 Å². The Bertz CT molecular complexity index is 932. The lowest BCUT2D eigenvalue weighted by atomic mass is 9.95. The van der Waals surface area contributed by atoms with E-state index in [-0.39, 0.29) is 23.4 Å². The third kappa shape index (κ3) is 4.87.